The van der Waals surface area contributed by atoms with Crippen molar-refractivity contribution < 1.29 is 18.6 Å². The molecule has 1 atom stereocenters. The first-order chi connectivity index (χ1) is 19.8. The van der Waals surface area contributed by atoms with E-state index >= 15 is 0 Å². The van der Waals surface area contributed by atoms with Crippen molar-refractivity contribution in [1.82, 2.24) is 14.8 Å². The molecule has 0 radical (unpaired) electrons. The fourth-order valence-electron chi connectivity index (χ4n) is 6.93. The number of thioether (sulfide) groups is 1. The Morgan fingerprint density at radius 3 is 2.24 bits per heavy atom. The van der Waals surface area contributed by atoms with Crippen molar-refractivity contribution in [3.8, 4) is 5.75 Å². The van der Waals surface area contributed by atoms with Crippen molar-refractivity contribution in [2.75, 3.05) is 50.4 Å². The minimum absolute atomic E-state index is 0.0325. The van der Waals surface area contributed by atoms with Crippen LogP contribution in [0.2, 0.25) is 0 Å². The second kappa shape index (κ2) is 12.1. The molecule has 6 rings (SSSR count). The van der Waals surface area contributed by atoms with Gasteiger partial charge in [0, 0.05) is 48.2 Å². The van der Waals surface area contributed by atoms with Gasteiger partial charge in [-0.2, -0.15) is 0 Å². The number of phenols is 1. The minimum atomic E-state index is -3.86. The second-order valence-corrected chi connectivity index (χ2v) is 14.4. The average Bonchev–Trinajstić information content (AvgIpc) is 3.00. The number of β-amino-alcohol motifs (C(OH)–C–C–N with tert-alkyl or cyclic N) is 1. The summed E-state index contributed by atoms with van der Waals surface area (Å²) in [5, 5.41) is 20.7. The lowest BCUT2D eigenvalue weighted by atomic mass is 9.95. The van der Waals surface area contributed by atoms with E-state index in [9.17, 15) is 18.6 Å². The van der Waals surface area contributed by atoms with Crippen LogP contribution in [0, 0.1) is 0 Å². The van der Waals surface area contributed by atoms with Crippen LogP contribution in [0.3, 0.4) is 0 Å². The largest absolute Gasteiger partial charge is 0.508 e. The first kappa shape index (κ1) is 28.7. The number of hydrogen-bond acceptors (Lipinski definition) is 9. The Morgan fingerprint density at radius 2 is 1.56 bits per heavy atom. The van der Waals surface area contributed by atoms with Gasteiger partial charge in [0.05, 0.1) is 22.2 Å². The molecule has 0 aliphatic carbocycles. The highest BCUT2D eigenvalue weighted by Gasteiger charge is 2.34. The number of pyridine rings is 1. The van der Waals surface area contributed by atoms with E-state index in [4.69, 9.17) is 0 Å². The van der Waals surface area contributed by atoms with E-state index in [-0.39, 0.29) is 21.6 Å². The normalized spacial score (nSPS) is 22.4. The number of likely N-dealkylation sites (tertiary alicyclic amines) is 2. The molecule has 0 amide bonds. The van der Waals surface area contributed by atoms with Gasteiger partial charge in [-0.3, -0.25) is 9.88 Å². The summed E-state index contributed by atoms with van der Waals surface area (Å²) < 4.78 is 27.8. The molecule has 3 fully saturated rings. The molecule has 41 heavy (non-hydrogen) atoms. The van der Waals surface area contributed by atoms with E-state index in [1.54, 1.807) is 11.8 Å². The fourth-order valence-corrected chi connectivity index (χ4v) is 8.80. The van der Waals surface area contributed by atoms with Crippen LogP contribution in [-0.4, -0.2) is 97.1 Å². The van der Waals surface area contributed by atoms with Crippen LogP contribution < -0.4 is 4.90 Å². The van der Waals surface area contributed by atoms with Crippen LogP contribution in [-0.2, 0) is 9.84 Å². The highest BCUT2D eigenvalue weighted by atomic mass is 32.2. The third-order valence-corrected chi connectivity index (χ3v) is 11.7. The van der Waals surface area contributed by atoms with Crippen molar-refractivity contribution in [3.63, 3.8) is 0 Å². The van der Waals surface area contributed by atoms with Crippen LogP contribution in [0.5, 0.6) is 5.75 Å². The highest BCUT2D eigenvalue weighted by molar-refractivity contribution is 7.98. The van der Waals surface area contributed by atoms with E-state index in [1.165, 1.54) is 30.5 Å². The number of hydrogen-bond donors (Lipinski definition) is 2. The number of aliphatic hydroxyl groups is 1. The monoisotopic (exact) mass is 596 g/mol. The maximum absolute atomic E-state index is 13.9. The molecule has 0 saturated carbocycles. The number of aromatic hydroxyl groups is 1. The topological polar surface area (TPSA) is 97.2 Å². The predicted octanol–water partition coefficient (Wildman–Crippen LogP) is 4.39. The van der Waals surface area contributed by atoms with Crippen molar-refractivity contribution in [2.45, 2.75) is 71.4 Å². The number of nitrogens with zero attached hydrogens (tertiary/aromatic N) is 4. The number of fused-ring (bicyclic) bond motifs is 1. The van der Waals surface area contributed by atoms with Crippen molar-refractivity contribution >= 4 is 38.2 Å². The first-order valence-electron chi connectivity index (χ1n) is 14.8. The van der Waals surface area contributed by atoms with Crippen LogP contribution >= 0.6 is 11.8 Å². The Balaban J connectivity index is 1.22. The molecule has 3 aromatic rings. The van der Waals surface area contributed by atoms with Crippen molar-refractivity contribution in [1.29, 1.82) is 0 Å². The summed E-state index contributed by atoms with van der Waals surface area (Å²) in [4.78, 5) is 13.4. The molecular weight excluding hydrogens is 556 g/mol. The number of anilines is 1. The Morgan fingerprint density at radius 1 is 0.878 bits per heavy atom. The number of phenolic OH excluding ortho intramolecular Hbond substituents is 1. The van der Waals surface area contributed by atoms with E-state index in [1.807, 2.05) is 18.4 Å². The van der Waals surface area contributed by atoms with Crippen LogP contribution in [0.1, 0.15) is 38.5 Å². The van der Waals surface area contributed by atoms with E-state index < -0.39 is 9.84 Å². The van der Waals surface area contributed by atoms with Gasteiger partial charge in [0.1, 0.15) is 10.6 Å². The standard InChI is InChI=1S/C31H40N4O4S2/c1-40-26-6-9-29-28(19-26)31(30(20-32-29)41(38,39)27-7-4-24(36)5-8-27)34-17-12-22(13-18-34)33-15-10-23(11-16-33)35-14-2-3-25(37)21-35/h4-9,19-20,22-23,25,36-37H,2-3,10-18,21H2,1H3. The van der Waals surface area contributed by atoms with E-state index in [0.717, 1.165) is 99.3 Å². The van der Waals surface area contributed by atoms with Gasteiger partial charge >= 0.3 is 0 Å². The van der Waals surface area contributed by atoms with Gasteiger partial charge in [-0.1, -0.05) is 0 Å². The zero-order chi connectivity index (χ0) is 28.6. The summed E-state index contributed by atoms with van der Waals surface area (Å²) in [6.45, 7) is 5.65. The Labute approximate surface area is 247 Å². The molecule has 10 heteroatoms. The summed E-state index contributed by atoms with van der Waals surface area (Å²) >= 11 is 1.63. The fraction of sp³-hybridized carbons (Fsp3) is 0.516. The molecule has 0 spiro atoms. The zero-order valence-corrected chi connectivity index (χ0v) is 25.3. The average molecular weight is 597 g/mol. The SMILES string of the molecule is CSc1ccc2ncc(S(=O)(=O)c3ccc(O)cc3)c(N3CCC(N4CCC(N5CCCC(O)C5)CC4)CC3)c2c1. The molecule has 2 N–H and O–H groups in total. The zero-order valence-electron chi connectivity index (χ0n) is 23.7. The number of benzene rings is 2. The molecule has 3 saturated heterocycles. The first-order valence-corrected chi connectivity index (χ1v) is 17.5. The summed E-state index contributed by atoms with van der Waals surface area (Å²) in [6, 6.07) is 12.9. The third kappa shape index (κ3) is 5.95. The molecule has 3 aliphatic rings. The Kier molecular flexibility index (Phi) is 8.47. The number of rotatable bonds is 6. The molecule has 4 heterocycles. The molecule has 8 nitrogen and oxygen atoms in total. The second-order valence-electron chi connectivity index (χ2n) is 11.6. The Bertz CT molecular complexity index is 1470. The lowest BCUT2D eigenvalue weighted by Gasteiger charge is -2.45. The summed E-state index contributed by atoms with van der Waals surface area (Å²) in [5.41, 5.74) is 1.52. The van der Waals surface area contributed by atoms with Crippen molar-refractivity contribution in [2.24, 2.45) is 0 Å². The van der Waals surface area contributed by atoms with Gasteiger partial charge in [0.15, 0.2) is 0 Å². The number of aliphatic hydroxyl groups excluding tert-OH is 1. The number of aromatic nitrogens is 1. The quantitative estimate of drug-likeness (QED) is 0.402. The van der Waals surface area contributed by atoms with E-state index in [0.29, 0.717) is 12.1 Å². The Hall–Kier alpha value is -2.37. The molecular formula is C31H40N4O4S2. The molecule has 220 valence electrons. The molecule has 1 aromatic heterocycles. The lowest BCUT2D eigenvalue weighted by Crippen LogP contribution is -2.53. The maximum Gasteiger partial charge on any atom is 0.210 e. The van der Waals surface area contributed by atoms with Crippen LogP contribution in [0.4, 0.5) is 5.69 Å². The number of sulfone groups is 1. The van der Waals surface area contributed by atoms with E-state index in [2.05, 4.69) is 25.8 Å². The van der Waals surface area contributed by atoms with Gasteiger partial charge in [-0.15, -0.1) is 11.8 Å². The molecule has 1 unspecified atom stereocenters. The lowest BCUT2D eigenvalue weighted by molar-refractivity contribution is 0.0170. The minimum Gasteiger partial charge on any atom is -0.508 e. The van der Waals surface area contributed by atoms with Gasteiger partial charge in [-0.05, 0) is 107 Å². The summed E-state index contributed by atoms with van der Waals surface area (Å²) in [6.07, 6.45) is 9.63. The summed E-state index contributed by atoms with van der Waals surface area (Å²) in [5.74, 6) is 0.0325. The molecule has 0 bridgehead atoms. The predicted molar refractivity (Wildman–Crippen MR) is 164 cm³/mol. The maximum atomic E-state index is 13.9. The highest BCUT2D eigenvalue weighted by Crippen LogP contribution is 2.39. The summed E-state index contributed by atoms with van der Waals surface area (Å²) in [7, 11) is -3.86. The van der Waals surface area contributed by atoms with Gasteiger partial charge in [-0.25, -0.2) is 8.42 Å². The van der Waals surface area contributed by atoms with Crippen molar-refractivity contribution in [3.05, 3.63) is 48.7 Å². The van der Waals surface area contributed by atoms with Gasteiger partial charge in [0.2, 0.25) is 9.84 Å². The van der Waals surface area contributed by atoms with Crippen LogP contribution in [0.25, 0.3) is 10.9 Å². The van der Waals surface area contributed by atoms with Gasteiger partial charge < -0.3 is 20.0 Å². The molecule has 2 aromatic carbocycles. The van der Waals surface area contributed by atoms with Crippen LogP contribution in [0.15, 0.2) is 63.3 Å². The molecule has 3 aliphatic heterocycles. The number of piperidine rings is 3. The van der Waals surface area contributed by atoms with Gasteiger partial charge in [0.25, 0.3) is 0 Å². The smallest absolute Gasteiger partial charge is 0.210 e. The third-order valence-electron chi connectivity index (χ3n) is 9.19.